The Hall–Kier alpha value is -2.91. The van der Waals surface area contributed by atoms with Crippen molar-refractivity contribution in [2.75, 3.05) is 31.6 Å². The highest BCUT2D eigenvalue weighted by Crippen LogP contribution is 2.30. The second kappa shape index (κ2) is 10.1. The van der Waals surface area contributed by atoms with Gasteiger partial charge in [-0.05, 0) is 56.3 Å². The normalized spacial score (nSPS) is 15.7. The molecule has 1 atom stereocenters. The third-order valence-electron chi connectivity index (χ3n) is 5.54. The number of imidazole rings is 1. The minimum absolute atomic E-state index is 0.194. The van der Waals surface area contributed by atoms with Gasteiger partial charge in [-0.1, -0.05) is 11.8 Å². The van der Waals surface area contributed by atoms with Crippen LogP contribution in [0.15, 0.2) is 52.5 Å². The van der Waals surface area contributed by atoms with E-state index in [0.717, 1.165) is 5.52 Å². The number of nitrogens with one attached hydrogen (secondary N) is 1. The second-order valence-corrected chi connectivity index (χ2v) is 11.0. The van der Waals surface area contributed by atoms with Crippen molar-refractivity contribution in [2.24, 2.45) is 0 Å². The van der Waals surface area contributed by atoms with Gasteiger partial charge in [0, 0.05) is 25.3 Å². The van der Waals surface area contributed by atoms with Gasteiger partial charge < -0.3 is 14.6 Å². The topological polar surface area (TPSA) is 117 Å². The number of carbonyl (C=O) groups excluding carboxylic acids is 1. The minimum Gasteiger partial charge on any atom is -0.379 e. The number of amides is 1. The number of nitriles is 1. The fourth-order valence-electron chi connectivity index (χ4n) is 3.66. The number of nitrogens with zero attached hydrogens (tertiary/aromatic N) is 4. The molecule has 2 aromatic carbocycles. The van der Waals surface area contributed by atoms with Gasteiger partial charge in [0.2, 0.25) is 15.9 Å². The maximum absolute atomic E-state index is 13.0. The molecule has 0 bridgehead atoms. The van der Waals surface area contributed by atoms with Crippen molar-refractivity contribution in [3.05, 3.63) is 48.0 Å². The largest absolute Gasteiger partial charge is 0.379 e. The summed E-state index contributed by atoms with van der Waals surface area (Å²) in [6, 6.07) is 13.7. The van der Waals surface area contributed by atoms with E-state index in [9.17, 15) is 13.2 Å². The molecule has 0 aliphatic carbocycles. The standard InChI is InChI=1S/C23H25N5O4S2/c1-3-28-21-9-8-19(34(30,31)27-10-12-32-13-11-27)14-20(21)26-23(28)33-16(2)22(29)25-18-6-4-17(15-24)5-7-18/h4-9,14,16H,3,10-13H2,1-2H3,(H,25,29)/t16-/m1/s1. The van der Waals surface area contributed by atoms with E-state index in [1.54, 1.807) is 49.4 Å². The number of hydrogen-bond acceptors (Lipinski definition) is 7. The van der Waals surface area contributed by atoms with Gasteiger partial charge in [-0.2, -0.15) is 9.57 Å². The number of hydrogen-bond donors (Lipinski definition) is 1. The predicted octanol–water partition coefficient (Wildman–Crippen LogP) is 3.07. The number of sulfonamides is 1. The number of carbonyl (C=O) groups is 1. The lowest BCUT2D eigenvalue weighted by Crippen LogP contribution is -2.40. The number of aromatic nitrogens is 2. The molecule has 3 aromatic rings. The lowest BCUT2D eigenvalue weighted by molar-refractivity contribution is -0.115. The number of thioether (sulfide) groups is 1. The summed E-state index contributed by atoms with van der Waals surface area (Å²) in [4.78, 5) is 17.6. The Kier molecular flexibility index (Phi) is 7.23. The fraction of sp³-hybridized carbons (Fsp3) is 0.348. The first kappa shape index (κ1) is 24.2. The Morgan fingerprint density at radius 3 is 2.59 bits per heavy atom. The predicted molar refractivity (Wildman–Crippen MR) is 130 cm³/mol. The van der Waals surface area contributed by atoms with Gasteiger partial charge in [-0.15, -0.1) is 0 Å². The van der Waals surface area contributed by atoms with Crippen LogP contribution in [0.2, 0.25) is 0 Å². The molecule has 0 saturated carbocycles. The quantitative estimate of drug-likeness (QED) is 0.497. The van der Waals surface area contributed by atoms with Crippen molar-refractivity contribution in [1.29, 1.82) is 5.26 Å². The highest BCUT2D eigenvalue weighted by molar-refractivity contribution is 8.00. The molecule has 1 aliphatic heterocycles. The molecular formula is C23H25N5O4S2. The van der Waals surface area contributed by atoms with Crippen LogP contribution in [-0.2, 0) is 26.1 Å². The average molecular weight is 500 g/mol. The molecule has 1 fully saturated rings. The summed E-state index contributed by atoms with van der Waals surface area (Å²) in [6.45, 7) is 5.82. The zero-order valence-corrected chi connectivity index (χ0v) is 20.5. The Morgan fingerprint density at radius 2 is 1.94 bits per heavy atom. The Bertz CT molecular complexity index is 1340. The first-order chi connectivity index (χ1) is 16.3. The van der Waals surface area contributed by atoms with E-state index < -0.39 is 15.3 Å². The van der Waals surface area contributed by atoms with Gasteiger partial charge in [0.1, 0.15) is 0 Å². The van der Waals surface area contributed by atoms with Crippen LogP contribution >= 0.6 is 11.8 Å². The Labute approximate surface area is 202 Å². The maximum atomic E-state index is 13.0. The molecule has 1 aliphatic rings. The van der Waals surface area contributed by atoms with Crippen LogP contribution in [0.25, 0.3) is 11.0 Å². The maximum Gasteiger partial charge on any atom is 0.243 e. The average Bonchev–Trinajstić information content (AvgIpc) is 3.21. The van der Waals surface area contributed by atoms with E-state index in [1.165, 1.54) is 16.1 Å². The van der Waals surface area contributed by atoms with Crippen molar-refractivity contribution < 1.29 is 17.9 Å². The number of benzene rings is 2. The summed E-state index contributed by atoms with van der Waals surface area (Å²) in [6.07, 6.45) is 0. The van der Waals surface area contributed by atoms with Gasteiger partial charge in [-0.25, -0.2) is 13.4 Å². The summed E-state index contributed by atoms with van der Waals surface area (Å²) in [7, 11) is -3.63. The third kappa shape index (κ3) is 4.95. The molecule has 1 N–H and O–H groups in total. The summed E-state index contributed by atoms with van der Waals surface area (Å²) in [5.41, 5.74) is 2.51. The van der Waals surface area contributed by atoms with E-state index >= 15 is 0 Å². The summed E-state index contributed by atoms with van der Waals surface area (Å²) in [5.74, 6) is -0.194. The van der Waals surface area contributed by atoms with Gasteiger partial charge in [0.05, 0.1) is 46.0 Å². The summed E-state index contributed by atoms with van der Waals surface area (Å²) >= 11 is 1.31. The highest BCUT2D eigenvalue weighted by Gasteiger charge is 2.27. The highest BCUT2D eigenvalue weighted by atomic mass is 32.2. The molecule has 0 spiro atoms. The number of morpholine rings is 1. The summed E-state index contributed by atoms with van der Waals surface area (Å²) < 4.78 is 34.7. The lowest BCUT2D eigenvalue weighted by Gasteiger charge is -2.26. The second-order valence-electron chi connectivity index (χ2n) is 7.74. The number of rotatable bonds is 7. The van der Waals surface area contributed by atoms with Crippen LogP contribution < -0.4 is 5.32 Å². The molecule has 1 aromatic heterocycles. The molecule has 34 heavy (non-hydrogen) atoms. The van der Waals surface area contributed by atoms with Crippen LogP contribution in [0.5, 0.6) is 0 Å². The number of ether oxygens (including phenoxy) is 1. The van der Waals surface area contributed by atoms with Gasteiger partial charge in [-0.3, -0.25) is 4.79 Å². The van der Waals surface area contributed by atoms with Crippen LogP contribution in [0.1, 0.15) is 19.4 Å². The van der Waals surface area contributed by atoms with Crippen molar-refractivity contribution >= 4 is 44.4 Å². The zero-order valence-electron chi connectivity index (χ0n) is 18.9. The first-order valence-electron chi connectivity index (χ1n) is 10.9. The van der Waals surface area contributed by atoms with Crippen LogP contribution in [-0.4, -0.2) is 59.7 Å². The molecule has 1 amide bonds. The van der Waals surface area contributed by atoms with Gasteiger partial charge in [0.15, 0.2) is 5.16 Å². The van der Waals surface area contributed by atoms with E-state index in [4.69, 9.17) is 10.00 Å². The molecule has 2 heterocycles. The van der Waals surface area contributed by atoms with Crippen LogP contribution in [0.4, 0.5) is 5.69 Å². The molecule has 4 rings (SSSR count). The molecule has 11 heteroatoms. The molecule has 9 nitrogen and oxygen atoms in total. The lowest BCUT2D eigenvalue weighted by atomic mass is 10.2. The monoisotopic (exact) mass is 499 g/mol. The fourth-order valence-corrected chi connectivity index (χ4v) is 6.08. The third-order valence-corrected chi connectivity index (χ3v) is 8.53. The molecule has 0 unspecified atom stereocenters. The number of anilines is 1. The van der Waals surface area contributed by atoms with Crippen molar-refractivity contribution in [2.45, 2.75) is 35.7 Å². The minimum atomic E-state index is -3.63. The zero-order chi connectivity index (χ0) is 24.3. The summed E-state index contributed by atoms with van der Waals surface area (Å²) in [5, 5.41) is 11.9. The van der Waals surface area contributed by atoms with Gasteiger partial charge >= 0.3 is 0 Å². The van der Waals surface area contributed by atoms with Crippen LogP contribution in [0, 0.1) is 11.3 Å². The number of aryl methyl sites for hydroxylation is 1. The van der Waals surface area contributed by atoms with Gasteiger partial charge in [0.25, 0.3) is 0 Å². The Balaban J connectivity index is 1.54. The first-order valence-corrected chi connectivity index (χ1v) is 13.2. The van der Waals surface area contributed by atoms with E-state index in [0.29, 0.717) is 54.8 Å². The molecular weight excluding hydrogens is 474 g/mol. The molecule has 178 valence electrons. The van der Waals surface area contributed by atoms with E-state index in [1.807, 2.05) is 17.6 Å². The number of fused-ring (bicyclic) bond motifs is 1. The van der Waals surface area contributed by atoms with E-state index in [-0.39, 0.29) is 10.8 Å². The van der Waals surface area contributed by atoms with Crippen LogP contribution in [0.3, 0.4) is 0 Å². The van der Waals surface area contributed by atoms with Crippen molar-refractivity contribution in [1.82, 2.24) is 13.9 Å². The molecule has 1 saturated heterocycles. The Morgan fingerprint density at radius 1 is 1.24 bits per heavy atom. The van der Waals surface area contributed by atoms with Crippen molar-refractivity contribution in [3.63, 3.8) is 0 Å². The van der Waals surface area contributed by atoms with E-state index in [2.05, 4.69) is 10.3 Å². The van der Waals surface area contributed by atoms with Crippen molar-refractivity contribution in [3.8, 4) is 6.07 Å². The smallest absolute Gasteiger partial charge is 0.243 e. The SMILES string of the molecule is CCn1c(S[C@H](C)C(=O)Nc2ccc(C#N)cc2)nc2cc(S(=O)(=O)N3CCOCC3)ccc21. The molecule has 0 radical (unpaired) electrons.